The van der Waals surface area contributed by atoms with Crippen molar-refractivity contribution in [3.8, 4) is 5.75 Å². The van der Waals surface area contributed by atoms with Gasteiger partial charge in [-0.1, -0.05) is 0 Å². The molecule has 0 aliphatic rings. The predicted octanol–water partition coefficient (Wildman–Crippen LogP) is 3.16. The number of rotatable bonds is 5. The summed E-state index contributed by atoms with van der Waals surface area (Å²) in [5.41, 5.74) is -0.179. The molecular weight excluding hydrogens is 300 g/mol. The molecule has 0 amide bonds. The van der Waals surface area contributed by atoms with E-state index in [2.05, 4.69) is 4.72 Å². The molecule has 1 N–H and O–H groups in total. The largest absolute Gasteiger partial charge is 0.494 e. The molecule has 0 unspecified atom stereocenters. The number of sulfonamides is 1. The van der Waals surface area contributed by atoms with Gasteiger partial charge in [-0.25, -0.2) is 17.2 Å². The van der Waals surface area contributed by atoms with Gasteiger partial charge in [0.15, 0.2) is 0 Å². The summed E-state index contributed by atoms with van der Waals surface area (Å²) < 4.78 is 57.6. The van der Waals surface area contributed by atoms with Gasteiger partial charge in [-0.05, 0) is 43.3 Å². The molecule has 0 atom stereocenters. The second-order valence-electron chi connectivity index (χ2n) is 4.17. The Balaban J connectivity index is 2.25. The monoisotopic (exact) mass is 313 g/mol. The molecule has 0 saturated carbocycles. The van der Waals surface area contributed by atoms with Crippen LogP contribution < -0.4 is 9.46 Å². The smallest absolute Gasteiger partial charge is 0.261 e. The summed E-state index contributed by atoms with van der Waals surface area (Å²) in [5, 5.41) is 0. The maximum atomic E-state index is 13.1. The second kappa shape index (κ2) is 6.09. The molecule has 0 spiro atoms. The molecule has 21 heavy (non-hydrogen) atoms. The third-order valence-electron chi connectivity index (χ3n) is 2.56. The minimum Gasteiger partial charge on any atom is -0.494 e. The molecular formula is C14H13F2NO3S. The first-order valence-corrected chi connectivity index (χ1v) is 7.61. The Labute approximate surface area is 121 Å². The lowest BCUT2D eigenvalue weighted by Gasteiger charge is -2.09. The van der Waals surface area contributed by atoms with Crippen LogP contribution in [-0.2, 0) is 10.0 Å². The third-order valence-corrected chi connectivity index (χ3v) is 3.96. The zero-order valence-corrected chi connectivity index (χ0v) is 12.0. The Morgan fingerprint density at radius 2 is 1.62 bits per heavy atom. The van der Waals surface area contributed by atoms with E-state index in [0.717, 1.165) is 12.1 Å². The van der Waals surface area contributed by atoms with E-state index in [1.165, 1.54) is 24.3 Å². The van der Waals surface area contributed by atoms with Crippen molar-refractivity contribution in [3.05, 3.63) is 54.1 Å². The van der Waals surface area contributed by atoms with Crippen LogP contribution in [0, 0.1) is 11.6 Å². The Hall–Kier alpha value is -2.15. The van der Waals surface area contributed by atoms with Crippen LogP contribution >= 0.6 is 0 Å². The van der Waals surface area contributed by atoms with Gasteiger partial charge < -0.3 is 4.74 Å². The first kappa shape index (κ1) is 15.2. The predicted molar refractivity (Wildman–Crippen MR) is 74.8 cm³/mol. The first-order valence-electron chi connectivity index (χ1n) is 6.12. The summed E-state index contributed by atoms with van der Waals surface area (Å²) in [6.45, 7) is 2.28. The summed E-state index contributed by atoms with van der Waals surface area (Å²) in [6, 6.07) is 8.17. The summed E-state index contributed by atoms with van der Waals surface area (Å²) in [4.78, 5) is -0.0318. The lowest BCUT2D eigenvalue weighted by atomic mass is 10.3. The van der Waals surface area contributed by atoms with Crippen LogP contribution in [0.25, 0.3) is 0 Å². The van der Waals surface area contributed by atoms with Crippen molar-refractivity contribution in [2.75, 3.05) is 11.3 Å². The SMILES string of the molecule is CCOc1ccc(S(=O)(=O)Nc2cc(F)cc(F)c2)cc1. The van der Waals surface area contributed by atoms with Crippen LogP contribution in [0.5, 0.6) is 5.75 Å². The van der Waals surface area contributed by atoms with Crippen LogP contribution in [0.2, 0.25) is 0 Å². The van der Waals surface area contributed by atoms with E-state index in [4.69, 9.17) is 4.74 Å². The fraction of sp³-hybridized carbons (Fsp3) is 0.143. The molecule has 2 aromatic rings. The van der Waals surface area contributed by atoms with Crippen LogP contribution in [0.4, 0.5) is 14.5 Å². The molecule has 112 valence electrons. The molecule has 7 heteroatoms. The maximum absolute atomic E-state index is 13.1. The summed E-state index contributed by atoms with van der Waals surface area (Å²) in [5.74, 6) is -1.19. The van der Waals surface area contributed by atoms with Crippen molar-refractivity contribution in [1.82, 2.24) is 0 Å². The van der Waals surface area contributed by atoms with Crippen molar-refractivity contribution < 1.29 is 21.9 Å². The topological polar surface area (TPSA) is 55.4 Å². The van der Waals surface area contributed by atoms with E-state index < -0.39 is 21.7 Å². The van der Waals surface area contributed by atoms with Crippen LogP contribution in [0.1, 0.15) is 6.92 Å². The van der Waals surface area contributed by atoms with Gasteiger partial charge in [-0.3, -0.25) is 4.72 Å². The van der Waals surface area contributed by atoms with Gasteiger partial charge in [0, 0.05) is 6.07 Å². The zero-order chi connectivity index (χ0) is 15.5. The van der Waals surface area contributed by atoms with Crippen molar-refractivity contribution in [1.29, 1.82) is 0 Å². The molecule has 2 rings (SSSR count). The molecule has 0 heterocycles. The summed E-state index contributed by atoms with van der Waals surface area (Å²) in [7, 11) is -3.92. The molecule has 0 aromatic heterocycles. The van der Waals surface area contributed by atoms with Gasteiger partial charge in [0.2, 0.25) is 0 Å². The Morgan fingerprint density at radius 3 is 2.14 bits per heavy atom. The number of nitrogens with one attached hydrogen (secondary N) is 1. The molecule has 0 fully saturated rings. The summed E-state index contributed by atoms with van der Waals surface area (Å²) in [6.07, 6.45) is 0. The highest BCUT2D eigenvalue weighted by Crippen LogP contribution is 2.20. The number of halogens is 2. The minimum absolute atomic E-state index is 0.0318. The lowest BCUT2D eigenvalue weighted by molar-refractivity contribution is 0.340. The number of ether oxygens (including phenoxy) is 1. The minimum atomic E-state index is -3.92. The van der Waals surface area contributed by atoms with E-state index in [1.54, 1.807) is 0 Å². The average molecular weight is 313 g/mol. The maximum Gasteiger partial charge on any atom is 0.261 e. The number of benzene rings is 2. The molecule has 0 aliphatic carbocycles. The molecule has 0 aliphatic heterocycles. The van der Waals surface area contributed by atoms with E-state index in [0.29, 0.717) is 18.4 Å². The Bertz CT molecular complexity index is 710. The first-order chi connectivity index (χ1) is 9.90. The molecule has 0 saturated heterocycles. The standard InChI is InChI=1S/C14H13F2NO3S/c1-2-20-13-3-5-14(6-4-13)21(18,19)17-12-8-10(15)7-11(16)9-12/h3-9,17H,2H2,1H3. The van der Waals surface area contributed by atoms with Gasteiger partial charge >= 0.3 is 0 Å². The van der Waals surface area contributed by atoms with Crippen molar-refractivity contribution >= 4 is 15.7 Å². The third kappa shape index (κ3) is 3.91. The van der Waals surface area contributed by atoms with Gasteiger partial charge in [0.1, 0.15) is 17.4 Å². The fourth-order valence-corrected chi connectivity index (χ4v) is 2.75. The number of hydrogen-bond acceptors (Lipinski definition) is 3. The Kier molecular flexibility index (Phi) is 4.42. The highest BCUT2D eigenvalue weighted by Gasteiger charge is 2.15. The van der Waals surface area contributed by atoms with Crippen molar-refractivity contribution in [3.63, 3.8) is 0 Å². The van der Waals surface area contributed by atoms with Crippen LogP contribution in [0.15, 0.2) is 47.4 Å². The highest BCUT2D eigenvalue weighted by atomic mass is 32.2. The van der Waals surface area contributed by atoms with Gasteiger partial charge in [-0.2, -0.15) is 0 Å². The van der Waals surface area contributed by atoms with E-state index in [-0.39, 0.29) is 10.6 Å². The molecule has 2 aromatic carbocycles. The van der Waals surface area contributed by atoms with Crippen molar-refractivity contribution in [2.45, 2.75) is 11.8 Å². The average Bonchev–Trinajstić information content (AvgIpc) is 2.38. The Morgan fingerprint density at radius 1 is 1.05 bits per heavy atom. The molecule has 0 radical (unpaired) electrons. The van der Waals surface area contributed by atoms with E-state index >= 15 is 0 Å². The van der Waals surface area contributed by atoms with E-state index in [9.17, 15) is 17.2 Å². The zero-order valence-electron chi connectivity index (χ0n) is 11.1. The quantitative estimate of drug-likeness (QED) is 0.922. The van der Waals surface area contributed by atoms with E-state index in [1.807, 2.05) is 6.92 Å². The van der Waals surface area contributed by atoms with Crippen molar-refractivity contribution in [2.24, 2.45) is 0 Å². The highest BCUT2D eigenvalue weighted by molar-refractivity contribution is 7.92. The second-order valence-corrected chi connectivity index (χ2v) is 5.85. The number of anilines is 1. The lowest BCUT2D eigenvalue weighted by Crippen LogP contribution is -2.13. The van der Waals surface area contributed by atoms with Crippen LogP contribution in [0.3, 0.4) is 0 Å². The van der Waals surface area contributed by atoms with Gasteiger partial charge in [0.05, 0.1) is 17.2 Å². The normalized spacial score (nSPS) is 11.2. The summed E-state index contributed by atoms with van der Waals surface area (Å²) >= 11 is 0. The van der Waals surface area contributed by atoms with Gasteiger partial charge in [-0.15, -0.1) is 0 Å². The fourth-order valence-electron chi connectivity index (χ4n) is 1.71. The van der Waals surface area contributed by atoms with Crippen LogP contribution in [-0.4, -0.2) is 15.0 Å². The van der Waals surface area contributed by atoms with Gasteiger partial charge in [0.25, 0.3) is 10.0 Å². The number of hydrogen-bond donors (Lipinski definition) is 1. The molecule has 0 bridgehead atoms. The molecule has 4 nitrogen and oxygen atoms in total.